The molecular weight excluding hydrogens is 352 g/mol. The topological polar surface area (TPSA) is 60.2 Å². The molecule has 1 aromatic heterocycles. The summed E-state index contributed by atoms with van der Waals surface area (Å²) in [7, 11) is 0. The summed E-state index contributed by atoms with van der Waals surface area (Å²) >= 11 is 0. The normalized spacial score (nSPS) is 15.3. The van der Waals surface area contributed by atoms with Crippen molar-refractivity contribution in [3.05, 3.63) is 53.6 Å². The SMILES string of the molecule is C/C(COc1ccc(F)c(F)c1)=C(/C)CC(C(O)C(C)(C)C)n1cncn1. The molecule has 0 radical (unpaired) electrons. The van der Waals surface area contributed by atoms with Gasteiger partial charge in [-0.05, 0) is 43.4 Å². The number of hydrogen-bond acceptors (Lipinski definition) is 4. The number of aliphatic hydroxyl groups is 1. The molecule has 0 spiro atoms. The standard InChI is InChI=1S/C20H27F2N3O2/c1-13(14(2)10-27-15-6-7-16(21)17(22)9-15)8-18(19(26)20(3,4)5)25-12-23-11-24-25/h6-7,9,11-12,18-19,26H,8,10H2,1-5H3/b14-13+. The Morgan fingerprint density at radius 1 is 1.19 bits per heavy atom. The van der Waals surface area contributed by atoms with Crippen LogP contribution in [0.15, 0.2) is 42.0 Å². The van der Waals surface area contributed by atoms with Crippen molar-refractivity contribution in [2.75, 3.05) is 6.61 Å². The Morgan fingerprint density at radius 2 is 1.89 bits per heavy atom. The summed E-state index contributed by atoms with van der Waals surface area (Å²) in [6.07, 6.45) is 2.98. The lowest BCUT2D eigenvalue weighted by molar-refractivity contribution is 0.0123. The zero-order valence-electron chi connectivity index (χ0n) is 16.4. The maximum absolute atomic E-state index is 13.3. The van der Waals surface area contributed by atoms with E-state index in [1.54, 1.807) is 11.0 Å². The van der Waals surface area contributed by atoms with Crippen molar-refractivity contribution < 1.29 is 18.6 Å². The predicted octanol–water partition coefficient (Wildman–Crippen LogP) is 4.31. The van der Waals surface area contributed by atoms with E-state index in [1.165, 1.54) is 12.4 Å². The van der Waals surface area contributed by atoms with Crippen LogP contribution in [0.3, 0.4) is 0 Å². The molecule has 2 unspecified atom stereocenters. The van der Waals surface area contributed by atoms with Gasteiger partial charge in [0.2, 0.25) is 0 Å². The quantitative estimate of drug-likeness (QED) is 0.728. The molecule has 0 aliphatic rings. The number of nitrogens with zero attached hydrogens (tertiary/aromatic N) is 3. The van der Waals surface area contributed by atoms with Crippen molar-refractivity contribution in [1.29, 1.82) is 0 Å². The summed E-state index contributed by atoms with van der Waals surface area (Å²) in [6, 6.07) is 3.18. The summed E-state index contributed by atoms with van der Waals surface area (Å²) in [4.78, 5) is 3.98. The molecule has 27 heavy (non-hydrogen) atoms. The molecule has 5 nitrogen and oxygen atoms in total. The molecule has 2 atom stereocenters. The monoisotopic (exact) mass is 379 g/mol. The average Bonchev–Trinajstić information content (AvgIpc) is 3.13. The van der Waals surface area contributed by atoms with E-state index < -0.39 is 17.7 Å². The summed E-state index contributed by atoms with van der Waals surface area (Å²) in [6.45, 7) is 10.0. The average molecular weight is 379 g/mol. The molecule has 2 aromatic rings. The predicted molar refractivity (Wildman–Crippen MR) is 99.4 cm³/mol. The van der Waals surface area contributed by atoms with Gasteiger partial charge in [0, 0.05) is 6.07 Å². The number of aromatic nitrogens is 3. The highest BCUT2D eigenvalue weighted by Crippen LogP contribution is 2.32. The molecule has 1 heterocycles. The lowest BCUT2D eigenvalue weighted by Gasteiger charge is -2.33. The third kappa shape index (κ3) is 5.60. The highest BCUT2D eigenvalue weighted by atomic mass is 19.2. The molecule has 0 amide bonds. The minimum atomic E-state index is -0.939. The largest absolute Gasteiger partial charge is 0.489 e. The first-order valence-corrected chi connectivity index (χ1v) is 8.85. The van der Waals surface area contributed by atoms with Gasteiger partial charge in [0.25, 0.3) is 0 Å². The number of halogens is 2. The molecule has 2 rings (SSSR count). The highest BCUT2D eigenvalue weighted by molar-refractivity contribution is 5.24. The van der Waals surface area contributed by atoms with Crippen molar-refractivity contribution in [2.45, 2.75) is 53.2 Å². The Balaban J connectivity index is 2.12. The van der Waals surface area contributed by atoms with Gasteiger partial charge in [0.1, 0.15) is 25.0 Å². The van der Waals surface area contributed by atoms with Crippen molar-refractivity contribution in [3.8, 4) is 5.75 Å². The van der Waals surface area contributed by atoms with Crippen molar-refractivity contribution in [2.24, 2.45) is 5.41 Å². The van der Waals surface area contributed by atoms with Gasteiger partial charge < -0.3 is 9.84 Å². The number of hydrogen-bond donors (Lipinski definition) is 1. The van der Waals surface area contributed by atoms with Gasteiger partial charge in [-0.2, -0.15) is 5.10 Å². The molecule has 1 aromatic carbocycles. The van der Waals surface area contributed by atoms with Crippen molar-refractivity contribution in [1.82, 2.24) is 14.8 Å². The first kappa shape index (κ1) is 21.0. The minimum absolute atomic E-state index is 0.243. The van der Waals surface area contributed by atoms with Gasteiger partial charge in [-0.15, -0.1) is 0 Å². The van der Waals surface area contributed by atoms with E-state index in [-0.39, 0.29) is 23.8 Å². The lowest BCUT2D eigenvalue weighted by Crippen LogP contribution is -2.36. The van der Waals surface area contributed by atoms with E-state index in [0.717, 1.165) is 23.3 Å². The second-order valence-corrected chi connectivity index (χ2v) is 7.88. The van der Waals surface area contributed by atoms with Crippen LogP contribution < -0.4 is 4.74 Å². The van der Waals surface area contributed by atoms with Crippen molar-refractivity contribution in [3.63, 3.8) is 0 Å². The molecule has 0 saturated carbocycles. The fourth-order valence-electron chi connectivity index (χ4n) is 2.68. The Kier molecular flexibility index (Phi) is 6.70. The fraction of sp³-hybridized carbons (Fsp3) is 0.500. The highest BCUT2D eigenvalue weighted by Gasteiger charge is 2.32. The van der Waals surface area contributed by atoms with Gasteiger partial charge in [0.05, 0.1) is 12.1 Å². The fourth-order valence-corrected chi connectivity index (χ4v) is 2.68. The van der Waals surface area contributed by atoms with Gasteiger partial charge in [-0.3, -0.25) is 0 Å². The van der Waals surface area contributed by atoms with Crippen LogP contribution in [0, 0.1) is 17.0 Å². The molecule has 1 N–H and O–H groups in total. The number of allylic oxidation sites excluding steroid dienone is 1. The molecule has 0 bridgehead atoms. The van der Waals surface area contributed by atoms with Crippen LogP contribution in [0.2, 0.25) is 0 Å². The molecule has 0 fully saturated rings. The van der Waals surface area contributed by atoms with E-state index in [2.05, 4.69) is 10.1 Å². The molecule has 0 saturated heterocycles. The molecule has 7 heteroatoms. The molecule has 0 aliphatic heterocycles. The van der Waals surface area contributed by atoms with Crippen LogP contribution in [0.4, 0.5) is 8.78 Å². The molecule has 148 valence electrons. The third-order valence-corrected chi connectivity index (χ3v) is 4.62. The van der Waals surface area contributed by atoms with E-state index in [0.29, 0.717) is 6.42 Å². The zero-order chi connectivity index (χ0) is 20.2. The van der Waals surface area contributed by atoms with E-state index in [1.807, 2.05) is 34.6 Å². The number of ether oxygens (including phenoxy) is 1. The Bertz CT molecular complexity index is 783. The minimum Gasteiger partial charge on any atom is -0.489 e. The smallest absolute Gasteiger partial charge is 0.162 e. The van der Waals surface area contributed by atoms with Crippen LogP contribution in [-0.2, 0) is 0 Å². The number of benzene rings is 1. The number of rotatable bonds is 7. The van der Waals surface area contributed by atoms with Crippen LogP contribution in [0.5, 0.6) is 5.75 Å². The maximum atomic E-state index is 13.3. The Hall–Kier alpha value is -2.28. The first-order chi connectivity index (χ1) is 12.6. The van der Waals surface area contributed by atoms with Crippen LogP contribution in [0.1, 0.15) is 47.1 Å². The maximum Gasteiger partial charge on any atom is 0.162 e. The Labute approximate surface area is 158 Å². The van der Waals surface area contributed by atoms with Crippen molar-refractivity contribution >= 4 is 0 Å². The van der Waals surface area contributed by atoms with Gasteiger partial charge in [-0.1, -0.05) is 26.3 Å². The summed E-state index contributed by atoms with van der Waals surface area (Å²) in [5.74, 6) is -1.58. The number of aliphatic hydroxyl groups excluding tert-OH is 1. The van der Waals surface area contributed by atoms with Crippen LogP contribution >= 0.6 is 0 Å². The molecular formula is C20H27F2N3O2. The summed E-state index contributed by atoms with van der Waals surface area (Å²) < 4.78 is 33.5. The van der Waals surface area contributed by atoms with E-state index in [9.17, 15) is 13.9 Å². The lowest BCUT2D eigenvalue weighted by atomic mass is 9.82. The van der Waals surface area contributed by atoms with E-state index >= 15 is 0 Å². The van der Waals surface area contributed by atoms with Crippen LogP contribution in [-0.4, -0.2) is 32.6 Å². The van der Waals surface area contributed by atoms with E-state index in [4.69, 9.17) is 4.74 Å². The Morgan fingerprint density at radius 3 is 2.44 bits per heavy atom. The zero-order valence-corrected chi connectivity index (χ0v) is 16.4. The van der Waals surface area contributed by atoms with Gasteiger partial charge in [-0.25, -0.2) is 18.4 Å². The third-order valence-electron chi connectivity index (χ3n) is 4.62. The summed E-state index contributed by atoms with van der Waals surface area (Å²) in [5.41, 5.74) is 1.65. The summed E-state index contributed by atoms with van der Waals surface area (Å²) in [5, 5.41) is 15.0. The second kappa shape index (κ2) is 8.61. The second-order valence-electron chi connectivity index (χ2n) is 7.88. The van der Waals surface area contributed by atoms with Gasteiger partial charge in [0.15, 0.2) is 11.6 Å². The first-order valence-electron chi connectivity index (χ1n) is 8.85. The molecule has 0 aliphatic carbocycles. The van der Waals surface area contributed by atoms with Gasteiger partial charge >= 0.3 is 0 Å². The van der Waals surface area contributed by atoms with Crippen LogP contribution in [0.25, 0.3) is 0 Å².